The molecular weight excluding hydrogens is 166 g/mol. The summed E-state index contributed by atoms with van der Waals surface area (Å²) in [7, 11) is 0. The van der Waals surface area contributed by atoms with Crippen molar-refractivity contribution < 1.29 is 0 Å². The van der Waals surface area contributed by atoms with Crippen molar-refractivity contribution in [1.29, 1.82) is 0 Å². The normalized spacial score (nSPS) is 10.8. The standard InChI is InChI=1S/C8H17N5/c1-4-10-8-11-7(9)13(12-8)5-6(2)3/h6H,4-5H2,1-3H3,(H3,9,10,11,12). The lowest BCUT2D eigenvalue weighted by molar-refractivity contribution is 0.489. The van der Waals surface area contributed by atoms with Crippen LogP contribution in [-0.4, -0.2) is 21.3 Å². The average Bonchev–Trinajstić information content (AvgIpc) is 2.31. The van der Waals surface area contributed by atoms with Crippen LogP contribution in [0.5, 0.6) is 0 Å². The number of nitrogens with zero attached hydrogens (tertiary/aromatic N) is 3. The molecule has 0 radical (unpaired) electrons. The Morgan fingerprint density at radius 3 is 2.77 bits per heavy atom. The first-order chi connectivity index (χ1) is 6.13. The molecule has 5 nitrogen and oxygen atoms in total. The molecule has 0 atom stereocenters. The van der Waals surface area contributed by atoms with Gasteiger partial charge in [-0.3, -0.25) is 0 Å². The Bertz CT molecular complexity index is 265. The highest BCUT2D eigenvalue weighted by Gasteiger charge is 2.06. The van der Waals surface area contributed by atoms with E-state index in [2.05, 4.69) is 29.2 Å². The van der Waals surface area contributed by atoms with Crippen LogP contribution in [0, 0.1) is 5.92 Å². The zero-order valence-corrected chi connectivity index (χ0v) is 8.41. The summed E-state index contributed by atoms with van der Waals surface area (Å²) in [5.41, 5.74) is 5.67. The maximum absolute atomic E-state index is 5.67. The predicted molar refractivity (Wildman–Crippen MR) is 53.4 cm³/mol. The monoisotopic (exact) mass is 183 g/mol. The van der Waals surface area contributed by atoms with Crippen molar-refractivity contribution in [3.8, 4) is 0 Å². The van der Waals surface area contributed by atoms with Gasteiger partial charge in [0.25, 0.3) is 0 Å². The van der Waals surface area contributed by atoms with E-state index in [9.17, 15) is 0 Å². The molecule has 0 aliphatic carbocycles. The fraction of sp³-hybridized carbons (Fsp3) is 0.750. The molecular formula is C8H17N5. The number of hydrogen-bond acceptors (Lipinski definition) is 4. The highest BCUT2D eigenvalue weighted by atomic mass is 15.4. The molecule has 0 spiro atoms. The molecule has 0 saturated carbocycles. The van der Waals surface area contributed by atoms with E-state index in [-0.39, 0.29) is 0 Å². The predicted octanol–water partition coefficient (Wildman–Crippen LogP) is 0.948. The van der Waals surface area contributed by atoms with Crippen LogP contribution >= 0.6 is 0 Å². The van der Waals surface area contributed by atoms with Gasteiger partial charge in [0, 0.05) is 13.1 Å². The van der Waals surface area contributed by atoms with Gasteiger partial charge in [-0.05, 0) is 12.8 Å². The molecule has 0 unspecified atom stereocenters. The van der Waals surface area contributed by atoms with Crippen LogP contribution in [0.1, 0.15) is 20.8 Å². The topological polar surface area (TPSA) is 68.8 Å². The van der Waals surface area contributed by atoms with Crippen LogP contribution in [0.4, 0.5) is 11.9 Å². The van der Waals surface area contributed by atoms with Crippen LogP contribution in [0.15, 0.2) is 0 Å². The number of anilines is 2. The summed E-state index contributed by atoms with van der Waals surface area (Å²) in [6.07, 6.45) is 0. The van der Waals surface area contributed by atoms with Gasteiger partial charge < -0.3 is 11.1 Å². The van der Waals surface area contributed by atoms with Crippen LogP contribution in [0.2, 0.25) is 0 Å². The minimum Gasteiger partial charge on any atom is -0.368 e. The van der Waals surface area contributed by atoms with Gasteiger partial charge in [-0.25, -0.2) is 4.68 Å². The molecule has 13 heavy (non-hydrogen) atoms. The molecule has 0 amide bonds. The van der Waals surface area contributed by atoms with Gasteiger partial charge in [0.15, 0.2) is 0 Å². The Balaban J connectivity index is 2.71. The van der Waals surface area contributed by atoms with Crippen molar-refractivity contribution >= 4 is 11.9 Å². The van der Waals surface area contributed by atoms with E-state index in [4.69, 9.17) is 5.73 Å². The third-order valence-electron chi connectivity index (χ3n) is 1.57. The Morgan fingerprint density at radius 2 is 2.23 bits per heavy atom. The molecule has 1 aromatic heterocycles. The molecule has 1 heterocycles. The lowest BCUT2D eigenvalue weighted by Crippen LogP contribution is -2.09. The van der Waals surface area contributed by atoms with E-state index in [1.54, 1.807) is 4.68 Å². The molecule has 5 heteroatoms. The molecule has 0 bridgehead atoms. The van der Waals surface area contributed by atoms with Crippen LogP contribution in [-0.2, 0) is 6.54 Å². The van der Waals surface area contributed by atoms with Gasteiger partial charge in [-0.1, -0.05) is 13.8 Å². The number of nitrogens with one attached hydrogen (secondary N) is 1. The van der Waals surface area contributed by atoms with Gasteiger partial charge in [0.2, 0.25) is 11.9 Å². The lowest BCUT2D eigenvalue weighted by Gasteiger charge is -2.04. The smallest absolute Gasteiger partial charge is 0.243 e. The number of aromatic nitrogens is 3. The summed E-state index contributed by atoms with van der Waals surface area (Å²) in [5, 5.41) is 7.23. The molecule has 0 aliphatic rings. The Labute approximate surface area is 78.3 Å². The van der Waals surface area contributed by atoms with E-state index in [1.165, 1.54) is 0 Å². The van der Waals surface area contributed by atoms with E-state index in [0.717, 1.165) is 13.1 Å². The van der Waals surface area contributed by atoms with Crippen molar-refractivity contribution in [3.63, 3.8) is 0 Å². The SMILES string of the molecule is CCNc1nc(N)n(CC(C)C)n1. The highest BCUT2D eigenvalue weighted by molar-refractivity contribution is 5.30. The quantitative estimate of drug-likeness (QED) is 0.729. The third-order valence-corrected chi connectivity index (χ3v) is 1.57. The van der Waals surface area contributed by atoms with Crippen molar-refractivity contribution in [1.82, 2.24) is 14.8 Å². The van der Waals surface area contributed by atoms with Gasteiger partial charge in [-0.15, -0.1) is 5.10 Å². The second-order valence-electron chi connectivity index (χ2n) is 3.40. The van der Waals surface area contributed by atoms with E-state index >= 15 is 0 Å². The number of rotatable bonds is 4. The summed E-state index contributed by atoms with van der Waals surface area (Å²) in [5.74, 6) is 1.61. The lowest BCUT2D eigenvalue weighted by atomic mass is 10.2. The molecule has 0 saturated heterocycles. The Kier molecular flexibility index (Phi) is 3.11. The molecule has 0 aliphatic heterocycles. The van der Waals surface area contributed by atoms with Crippen molar-refractivity contribution in [2.75, 3.05) is 17.6 Å². The summed E-state index contributed by atoms with van der Waals surface area (Å²) in [4.78, 5) is 4.07. The summed E-state index contributed by atoms with van der Waals surface area (Å²) >= 11 is 0. The minimum absolute atomic E-state index is 0.477. The van der Waals surface area contributed by atoms with Gasteiger partial charge >= 0.3 is 0 Å². The maximum Gasteiger partial charge on any atom is 0.243 e. The van der Waals surface area contributed by atoms with E-state index in [0.29, 0.717) is 17.8 Å². The molecule has 1 aromatic rings. The van der Waals surface area contributed by atoms with Gasteiger partial charge in [0.1, 0.15) is 0 Å². The number of nitrogens with two attached hydrogens (primary N) is 1. The molecule has 0 aromatic carbocycles. The number of nitrogen functional groups attached to an aromatic ring is 1. The van der Waals surface area contributed by atoms with Crippen LogP contribution < -0.4 is 11.1 Å². The first-order valence-corrected chi connectivity index (χ1v) is 4.57. The van der Waals surface area contributed by atoms with Crippen molar-refractivity contribution in [3.05, 3.63) is 0 Å². The molecule has 3 N–H and O–H groups in total. The van der Waals surface area contributed by atoms with Gasteiger partial charge in [0.05, 0.1) is 0 Å². The molecule has 1 rings (SSSR count). The summed E-state index contributed by atoms with van der Waals surface area (Å²) < 4.78 is 1.72. The molecule has 74 valence electrons. The molecule has 0 fully saturated rings. The second-order valence-corrected chi connectivity index (χ2v) is 3.40. The van der Waals surface area contributed by atoms with Crippen LogP contribution in [0.3, 0.4) is 0 Å². The fourth-order valence-electron chi connectivity index (χ4n) is 1.07. The second kappa shape index (κ2) is 4.11. The van der Waals surface area contributed by atoms with Gasteiger partial charge in [-0.2, -0.15) is 4.98 Å². The first kappa shape index (κ1) is 9.83. The number of hydrogen-bond donors (Lipinski definition) is 2. The van der Waals surface area contributed by atoms with Crippen LogP contribution in [0.25, 0.3) is 0 Å². The average molecular weight is 183 g/mol. The Hall–Kier alpha value is -1.26. The minimum atomic E-state index is 0.477. The highest BCUT2D eigenvalue weighted by Crippen LogP contribution is 2.07. The first-order valence-electron chi connectivity index (χ1n) is 4.57. The maximum atomic E-state index is 5.67. The Morgan fingerprint density at radius 1 is 1.54 bits per heavy atom. The van der Waals surface area contributed by atoms with Crippen molar-refractivity contribution in [2.24, 2.45) is 5.92 Å². The summed E-state index contributed by atoms with van der Waals surface area (Å²) in [6, 6.07) is 0. The van der Waals surface area contributed by atoms with E-state index in [1.807, 2.05) is 6.92 Å². The van der Waals surface area contributed by atoms with E-state index < -0.39 is 0 Å². The van der Waals surface area contributed by atoms with Crippen molar-refractivity contribution in [2.45, 2.75) is 27.3 Å². The zero-order chi connectivity index (χ0) is 9.84. The summed E-state index contributed by atoms with van der Waals surface area (Å²) in [6.45, 7) is 7.86. The fourth-order valence-corrected chi connectivity index (χ4v) is 1.07. The zero-order valence-electron chi connectivity index (χ0n) is 8.41. The largest absolute Gasteiger partial charge is 0.368 e. The third kappa shape index (κ3) is 2.61.